The van der Waals surface area contributed by atoms with E-state index in [1.54, 1.807) is 0 Å². The second-order valence-corrected chi connectivity index (χ2v) is 4.49. The minimum atomic E-state index is -1.51. The summed E-state index contributed by atoms with van der Waals surface area (Å²) in [6, 6.07) is -1.78. The van der Waals surface area contributed by atoms with Crippen molar-refractivity contribution in [2.45, 2.75) is 43.1 Å². The van der Waals surface area contributed by atoms with Crippen molar-refractivity contribution in [3.63, 3.8) is 0 Å². The Kier molecular flexibility index (Phi) is 2.17. The lowest BCUT2D eigenvalue weighted by Gasteiger charge is -2.46. The van der Waals surface area contributed by atoms with Crippen LogP contribution in [0.2, 0.25) is 0 Å². The Morgan fingerprint density at radius 3 is 2.71 bits per heavy atom. The van der Waals surface area contributed by atoms with Crippen LogP contribution in [0.5, 0.6) is 0 Å². The monoisotopic (exact) mass is 244 g/mol. The fraction of sp³-hybridized carbons (Fsp3) is 0.778. The highest BCUT2D eigenvalue weighted by atomic mass is 16.6. The normalized spacial score (nSPS) is 49.0. The van der Waals surface area contributed by atoms with Crippen LogP contribution in [0.25, 0.3) is 0 Å². The third-order valence-corrected chi connectivity index (χ3v) is 3.51. The molecule has 6 atom stereocenters. The van der Waals surface area contributed by atoms with E-state index in [2.05, 4.69) is 0 Å². The number of aliphatic hydroxyl groups is 3. The summed E-state index contributed by atoms with van der Waals surface area (Å²) < 4.78 is 5.29. The lowest BCUT2D eigenvalue weighted by Crippen LogP contribution is -2.72. The van der Waals surface area contributed by atoms with Crippen LogP contribution in [0.1, 0.15) is 6.42 Å². The van der Waals surface area contributed by atoms with Crippen molar-refractivity contribution in [2.75, 3.05) is 0 Å². The van der Waals surface area contributed by atoms with Gasteiger partial charge in [-0.05, 0) is 0 Å². The first kappa shape index (κ1) is 10.9. The summed E-state index contributed by atoms with van der Waals surface area (Å²) in [7, 11) is 0. The molecule has 0 aromatic rings. The molecule has 0 aromatic heterocycles. The lowest BCUT2D eigenvalue weighted by atomic mass is 9.95. The molecule has 3 aliphatic rings. The Morgan fingerprint density at radius 1 is 1.29 bits per heavy atom. The van der Waals surface area contributed by atoms with Crippen LogP contribution in [-0.4, -0.2) is 68.8 Å². The van der Waals surface area contributed by atoms with Crippen LogP contribution in [-0.2, 0) is 9.53 Å². The highest BCUT2D eigenvalue weighted by Gasteiger charge is 2.58. The summed E-state index contributed by atoms with van der Waals surface area (Å²) in [5.74, 6) is -0.842. The summed E-state index contributed by atoms with van der Waals surface area (Å²) in [6.07, 6.45) is -5.13. The van der Waals surface area contributed by atoms with E-state index in [1.807, 2.05) is 5.32 Å². The summed E-state index contributed by atoms with van der Waals surface area (Å²) >= 11 is 0. The van der Waals surface area contributed by atoms with E-state index < -0.39 is 48.6 Å². The zero-order chi connectivity index (χ0) is 12.3. The number of imide groups is 1. The Bertz CT molecular complexity index is 388. The number of hydrogen-bond acceptors (Lipinski definition) is 6. The second kappa shape index (κ2) is 3.39. The highest BCUT2D eigenvalue weighted by Crippen LogP contribution is 2.36. The predicted molar refractivity (Wildman–Crippen MR) is 50.5 cm³/mol. The zero-order valence-electron chi connectivity index (χ0n) is 8.68. The predicted octanol–water partition coefficient (Wildman–Crippen LogP) is -2.88. The van der Waals surface area contributed by atoms with Gasteiger partial charge in [-0.2, -0.15) is 0 Å². The molecule has 3 rings (SSSR count). The highest BCUT2D eigenvalue weighted by molar-refractivity contribution is 6.00. The smallest absolute Gasteiger partial charge is 0.326 e. The van der Waals surface area contributed by atoms with Gasteiger partial charge in [-0.25, -0.2) is 4.79 Å². The van der Waals surface area contributed by atoms with Crippen LogP contribution >= 0.6 is 0 Å². The number of nitrogens with zero attached hydrogens (tertiary/aromatic N) is 1. The Hall–Kier alpha value is -1.22. The van der Waals surface area contributed by atoms with Crippen molar-refractivity contribution in [3.8, 4) is 0 Å². The van der Waals surface area contributed by atoms with Crippen molar-refractivity contribution < 1.29 is 29.6 Å². The Balaban J connectivity index is 1.99. The summed E-state index contributed by atoms with van der Waals surface area (Å²) in [5.41, 5.74) is 0. The molecule has 4 N–H and O–H groups in total. The summed E-state index contributed by atoms with van der Waals surface area (Å²) in [4.78, 5) is 24.0. The molecule has 2 bridgehead atoms. The molecule has 3 amide bonds. The average Bonchev–Trinajstić information content (AvgIpc) is 2.59. The standard InChI is InChI=1S/C9H12N2O6/c12-2-1-3-11-4(5(13)7(2)17-3)6(14)8(15)10-9(11)16/h2-7,12-14H,1H2,(H,10,15,16)/t2-,3-,4-,5+,6+,7+/m1/s1. The maximum absolute atomic E-state index is 11.6. The van der Waals surface area contributed by atoms with Crippen molar-refractivity contribution in [2.24, 2.45) is 0 Å². The van der Waals surface area contributed by atoms with Gasteiger partial charge in [-0.15, -0.1) is 0 Å². The molecular weight excluding hydrogens is 232 g/mol. The first-order valence-corrected chi connectivity index (χ1v) is 5.33. The molecule has 8 heteroatoms. The van der Waals surface area contributed by atoms with Crippen LogP contribution in [0.15, 0.2) is 0 Å². The molecule has 0 radical (unpaired) electrons. The molecule has 0 spiro atoms. The van der Waals surface area contributed by atoms with E-state index in [1.165, 1.54) is 0 Å². The molecule has 3 aliphatic heterocycles. The van der Waals surface area contributed by atoms with Gasteiger partial charge in [0.1, 0.15) is 18.4 Å². The summed E-state index contributed by atoms with van der Waals surface area (Å²) in [6.45, 7) is 0. The zero-order valence-corrected chi connectivity index (χ0v) is 8.68. The van der Waals surface area contributed by atoms with Gasteiger partial charge in [0.15, 0.2) is 6.10 Å². The SMILES string of the molecule is O=C1NC(=O)N2[C@H]([C@H](O)[C@H]3O[C@@H]2C[C@H]3O)[C@@H]1O. The third kappa shape index (κ3) is 1.32. The molecule has 94 valence electrons. The van der Waals surface area contributed by atoms with Crippen molar-refractivity contribution >= 4 is 11.9 Å². The van der Waals surface area contributed by atoms with Gasteiger partial charge in [-0.3, -0.25) is 15.0 Å². The Morgan fingerprint density at radius 2 is 2.00 bits per heavy atom. The molecule has 0 aromatic carbocycles. The number of ether oxygens (including phenoxy) is 1. The number of nitrogens with one attached hydrogen (secondary N) is 1. The molecule has 17 heavy (non-hydrogen) atoms. The molecule has 8 nitrogen and oxygen atoms in total. The number of fused-ring (bicyclic) bond motifs is 4. The minimum Gasteiger partial charge on any atom is -0.390 e. The average molecular weight is 244 g/mol. The summed E-state index contributed by atoms with van der Waals surface area (Å²) in [5, 5.41) is 31.3. The van der Waals surface area contributed by atoms with Crippen LogP contribution < -0.4 is 5.32 Å². The number of hydrogen-bond donors (Lipinski definition) is 4. The van der Waals surface area contributed by atoms with E-state index in [4.69, 9.17) is 4.74 Å². The first-order chi connectivity index (χ1) is 8.00. The van der Waals surface area contributed by atoms with E-state index in [-0.39, 0.29) is 6.42 Å². The van der Waals surface area contributed by atoms with Crippen LogP contribution in [0, 0.1) is 0 Å². The molecule has 3 saturated heterocycles. The quantitative estimate of drug-likeness (QED) is 0.363. The number of rotatable bonds is 0. The molecule has 3 heterocycles. The van der Waals surface area contributed by atoms with Gasteiger partial charge >= 0.3 is 6.03 Å². The maximum atomic E-state index is 11.6. The number of carbonyl (C=O) groups is 2. The molecular formula is C9H12N2O6. The maximum Gasteiger partial charge on any atom is 0.326 e. The van der Waals surface area contributed by atoms with Gasteiger partial charge in [-0.1, -0.05) is 0 Å². The fourth-order valence-electron chi connectivity index (χ4n) is 2.71. The lowest BCUT2D eigenvalue weighted by molar-refractivity contribution is -0.197. The molecule has 0 saturated carbocycles. The third-order valence-electron chi connectivity index (χ3n) is 3.51. The van der Waals surface area contributed by atoms with Gasteiger partial charge < -0.3 is 20.1 Å². The van der Waals surface area contributed by atoms with Gasteiger partial charge in [0.2, 0.25) is 0 Å². The fourth-order valence-corrected chi connectivity index (χ4v) is 2.71. The first-order valence-electron chi connectivity index (χ1n) is 5.33. The topological polar surface area (TPSA) is 119 Å². The Labute approximate surface area is 95.8 Å². The number of carbonyl (C=O) groups excluding carboxylic acids is 2. The van der Waals surface area contributed by atoms with E-state index >= 15 is 0 Å². The van der Waals surface area contributed by atoms with Gasteiger partial charge in [0.05, 0.1) is 12.1 Å². The van der Waals surface area contributed by atoms with E-state index in [0.717, 1.165) is 4.90 Å². The van der Waals surface area contributed by atoms with Crippen molar-refractivity contribution in [1.29, 1.82) is 0 Å². The number of urea groups is 1. The van der Waals surface area contributed by atoms with Gasteiger partial charge in [0.25, 0.3) is 5.91 Å². The van der Waals surface area contributed by atoms with Crippen molar-refractivity contribution in [1.82, 2.24) is 10.2 Å². The molecule has 0 unspecified atom stereocenters. The van der Waals surface area contributed by atoms with E-state index in [0.29, 0.717) is 0 Å². The molecule has 3 fully saturated rings. The van der Waals surface area contributed by atoms with Crippen LogP contribution in [0.4, 0.5) is 4.79 Å². The van der Waals surface area contributed by atoms with Gasteiger partial charge in [0, 0.05) is 6.42 Å². The largest absolute Gasteiger partial charge is 0.390 e. The molecule has 0 aliphatic carbocycles. The second-order valence-electron chi connectivity index (χ2n) is 4.49. The van der Waals surface area contributed by atoms with Crippen LogP contribution in [0.3, 0.4) is 0 Å². The van der Waals surface area contributed by atoms with E-state index in [9.17, 15) is 24.9 Å². The number of aliphatic hydroxyl groups excluding tert-OH is 3. The minimum absolute atomic E-state index is 0.159. The number of amides is 3. The van der Waals surface area contributed by atoms with Crippen molar-refractivity contribution in [3.05, 3.63) is 0 Å².